The van der Waals surface area contributed by atoms with Gasteiger partial charge in [-0.3, -0.25) is 4.79 Å². The second-order valence-electron chi connectivity index (χ2n) is 4.82. The van der Waals surface area contributed by atoms with Gasteiger partial charge < -0.3 is 15.5 Å². The average Bonchev–Trinajstić information content (AvgIpc) is 2.78. The molecule has 4 nitrogen and oxygen atoms in total. The topological polar surface area (TPSA) is 68.3 Å². The maximum Gasteiger partial charge on any atom is 0.259 e. The Morgan fingerprint density at radius 1 is 1.29 bits per heavy atom. The molecule has 4 heteroatoms. The van der Waals surface area contributed by atoms with Crippen molar-refractivity contribution in [1.29, 1.82) is 0 Å². The molecule has 108 valence electrons. The van der Waals surface area contributed by atoms with Crippen LogP contribution in [0, 0.1) is 32.6 Å². The molecule has 0 unspecified atom stereocenters. The smallest absolute Gasteiger partial charge is 0.259 e. The number of carbonyl (C=O) groups is 1. The number of benzene rings is 1. The van der Waals surface area contributed by atoms with Gasteiger partial charge in [-0.05, 0) is 44.5 Å². The second-order valence-corrected chi connectivity index (χ2v) is 4.82. The van der Waals surface area contributed by atoms with Gasteiger partial charge in [0.1, 0.15) is 11.5 Å². The molecule has 1 heterocycles. The van der Waals surface area contributed by atoms with Crippen molar-refractivity contribution in [3.05, 3.63) is 52.5 Å². The molecule has 1 amide bonds. The Balaban J connectivity index is 2.23. The van der Waals surface area contributed by atoms with E-state index in [4.69, 9.17) is 10.2 Å². The first-order chi connectivity index (χ1) is 10.0. The molecule has 0 aliphatic carbocycles. The number of amides is 1. The number of rotatable bonds is 2. The maximum atomic E-state index is 12.2. The minimum Gasteiger partial charge on any atom is -0.466 e. The van der Waals surface area contributed by atoms with Gasteiger partial charge in [-0.15, -0.1) is 0 Å². The van der Waals surface area contributed by atoms with E-state index >= 15 is 0 Å². The Morgan fingerprint density at radius 2 is 2.05 bits per heavy atom. The van der Waals surface area contributed by atoms with Crippen LogP contribution in [0.2, 0.25) is 0 Å². The summed E-state index contributed by atoms with van der Waals surface area (Å²) in [6.45, 7) is 5.87. The van der Waals surface area contributed by atoms with E-state index in [1.165, 1.54) is 0 Å². The van der Waals surface area contributed by atoms with Gasteiger partial charge in [0.25, 0.3) is 5.91 Å². The molecule has 1 aromatic carbocycles. The normalized spacial score (nSPS) is 9.90. The molecule has 0 saturated heterocycles. The van der Waals surface area contributed by atoms with Crippen molar-refractivity contribution < 1.29 is 9.21 Å². The molecule has 0 radical (unpaired) electrons. The van der Waals surface area contributed by atoms with Crippen molar-refractivity contribution in [2.24, 2.45) is 5.73 Å². The van der Waals surface area contributed by atoms with Crippen molar-refractivity contribution in [3.8, 4) is 11.8 Å². The molecule has 0 bridgehead atoms. The van der Waals surface area contributed by atoms with Gasteiger partial charge in [0.2, 0.25) is 0 Å². The number of aryl methyl sites for hydroxylation is 3. The lowest BCUT2D eigenvalue weighted by Gasteiger charge is -2.06. The van der Waals surface area contributed by atoms with E-state index < -0.39 is 0 Å². The van der Waals surface area contributed by atoms with Crippen LogP contribution in [0.5, 0.6) is 0 Å². The van der Waals surface area contributed by atoms with Gasteiger partial charge in [0.15, 0.2) is 0 Å². The molecule has 0 aliphatic rings. The number of hydrogen-bond donors (Lipinski definition) is 2. The van der Waals surface area contributed by atoms with Crippen LogP contribution in [0.3, 0.4) is 0 Å². The highest BCUT2D eigenvalue weighted by atomic mass is 16.3. The fourth-order valence-corrected chi connectivity index (χ4v) is 2.04. The molecule has 0 atom stereocenters. The monoisotopic (exact) mass is 282 g/mol. The summed E-state index contributed by atoms with van der Waals surface area (Å²) in [6.07, 6.45) is 0. The van der Waals surface area contributed by atoms with Gasteiger partial charge in [0.05, 0.1) is 12.1 Å². The van der Waals surface area contributed by atoms with Crippen LogP contribution in [-0.2, 0) is 0 Å². The fourth-order valence-electron chi connectivity index (χ4n) is 2.04. The Hall–Kier alpha value is -2.51. The van der Waals surface area contributed by atoms with Crippen molar-refractivity contribution in [3.63, 3.8) is 0 Å². The first-order valence-corrected chi connectivity index (χ1v) is 6.69. The van der Waals surface area contributed by atoms with Gasteiger partial charge in [-0.2, -0.15) is 0 Å². The van der Waals surface area contributed by atoms with E-state index in [1.54, 1.807) is 13.0 Å². The minimum absolute atomic E-state index is 0.189. The third-order valence-electron chi connectivity index (χ3n) is 3.11. The molecule has 0 aliphatic heterocycles. The Kier molecular flexibility index (Phi) is 4.46. The van der Waals surface area contributed by atoms with E-state index in [0.717, 1.165) is 16.9 Å². The summed E-state index contributed by atoms with van der Waals surface area (Å²) in [7, 11) is 0. The second kappa shape index (κ2) is 6.29. The zero-order chi connectivity index (χ0) is 15.4. The SMILES string of the molecule is Cc1cc(C(=O)Nc2ccc(C)c(C#CCN)c2)c(C)o1. The molecule has 2 rings (SSSR count). The first kappa shape index (κ1) is 14.9. The Labute approximate surface area is 124 Å². The van der Waals surface area contributed by atoms with Crippen LogP contribution in [0.15, 0.2) is 28.7 Å². The zero-order valence-corrected chi connectivity index (χ0v) is 12.4. The number of nitrogens with two attached hydrogens (primary N) is 1. The van der Waals surface area contributed by atoms with Crippen LogP contribution >= 0.6 is 0 Å². The van der Waals surface area contributed by atoms with Crippen molar-refractivity contribution in [1.82, 2.24) is 0 Å². The predicted molar refractivity (Wildman–Crippen MR) is 83.2 cm³/mol. The average molecular weight is 282 g/mol. The van der Waals surface area contributed by atoms with E-state index in [0.29, 0.717) is 23.6 Å². The molecule has 0 spiro atoms. The molecule has 21 heavy (non-hydrogen) atoms. The third-order valence-corrected chi connectivity index (χ3v) is 3.11. The molecule has 1 aromatic heterocycles. The lowest BCUT2D eigenvalue weighted by molar-refractivity contribution is 0.102. The van der Waals surface area contributed by atoms with Crippen molar-refractivity contribution in [2.75, 3.05) is 11.9 Å². The fraction of sp³-hybridized carbons (Fsp3) is 0.235. The van der Waals surface area contributed by atoms with Crippen LogP contribution in [-0.4, -0.2) is 12.5 Å². The van der Waals surface area contributed by atoms with E-state index in [-0.39, 0.29) is 5.91 Å². The lowest BCUT2D eigenvalue weighted by Crippen LogP contribution is -2.12. The summed E-state index contributed by atoms with van der Waals surface area (Å²) >= 11 is 0. The maximum absolute atomic E-state index is 12.2. The summed E-state index contributed by atoms with van der Waals surface area (Å²) in [4.78, 5) is 12.2. The minimum atomic E-state index is -0.189. The van der Waals surface area contributed by atoms with Crippen molar-refractivity contribution >= 4 is 11.6 Å². The molecule has 0 saturated carbocycles. The number of carbonyl (C=O) groups excluding carboxylic acids is 1. The number of anilines is 1. The van der Waals surface area contributed by atoms with Gasteiger partial charge in [-0.25, -0.2) is 0 Å². The van der Waals surface area contributed by atoms with E-state index in [9.17, 15) is 4.79 Å². The summed E-state index contributed by atoms with van der Waals surface area (Å²) in [5.74, 6) is 6.96. The first-order valence-electron chi connectivity index (χ1n) is 6.69. The Morgan fingerprint density at radius 3 is 2.67 bits per heavy atom. The number of furan rings is 1. The molecular weight excluding hydrogens is 264 g/mol. The Bertz CT molecular complexity index is 733. The van der Waals surface area contributed by atoms with E-state index in [2.05, 4.69) is 17.2 Å². The van der Waals surface area contributed by atoms with Gasteiger partial charge in [-0.1, -0.05) is 17.9 Å². The summed E-state index contributed by atoms with van der Waals surface area (Å²) in [5, 5.41) is 2.86. The quantitative estimate of drug-likeness (QED) is 0.832. The zero-order valence-electron chi connectivity index (χ0n) is 12.4. The van der Waals surface area contributed by atoms with Gasteiger partial charge in [0, 0.05) is 11.3 Å². The van der Waals surface area contributed by atoms with Crippen LogP contribution < -0.4 is 11.1 Å². The lowest BCUT2D eigenvalue weighted by atomic mass is 10.1. The highest BCUT2D eigenvalue weighted by Crippen LogP contribution is 2.18. The largest absolute Gasteiger partial charge is 0.466 e. The summed E-state index contributed by atoms with van der Waals surface area (Å²) < 4.78 is 5.37. The van der Waals surface area contributed by atoms with E-state index in [1.807, 2.05) is 32.0 Å². The van der Waals surface area contributed by atoms with Crippen LogP contribution in [0.25, 0.3) is 0 Å². The van der Waals surface area contributed by atoms with Crippen LogP contribution in [0.1, 0.15) is 33.0 Å². The third kappa shape index (κ3) is 3.53. The molecule has 2 aromatic rings. The molecule has 0 fully saturated rings. The van der Waals surface area contributed by atoms with Crippen LogP contribution in [0.4, 0.5) is 5.69 Å². The molecule has 3 N–H and O–H groups in total. The highest BCUT2D eigenvalue weighted by Gasteiger charge is 2.13. The predicted octanol–water partition coefficient (Wildman–Crippen LogP) is 2.77. The van der Waals surface area contributed by atoms with Crippen molar-refractivity contribution in [2.45, 2.75) is 20.8 Å². The number of nitrogens with one attached hydrogen (secondary N) is 1. The number of hydrogen-bond acceptors (Lipinski definition) is 3. The standard InChI is InChI=1S/C17H18N2O2/c1-11-6-7-15(10-14(11)5-4-8-18)19-17(20)16-9-12(2)21-13(16)3/h6-7,9-10H,8,18H2,1-3H3,(H,19,20). The molecular formula is C17H18N2O2. The van der Waals surface area contributed by atoms with Gasteiger partial charge >= 0.3 is 0 Å². The summed E-state index contributed by atoms with van der Waals surface area (Å²) in [6, 6.07) is 7.35. The highest BCUT2D eigenvalue weighted by molar-refractivity contribution is 6.05. The summed E-state index contributed by atoms with van der Waals surface area (Å²) in [5.41, 5.74) is 8.53.